The number of fused-ring (bicyclic) bond motifs is 2. The Bertz CT molecular complexity index is 1830. The fourth-order valence-corrected chi connectivity index (χ4v) is 9.49. The Morgan fingerprint density at radius 2 is 1.73 bits per heavy atom. The molecule has 1 amide bonds. The van der Waals surface area contributed by atoms with Gasteiger partial charge >= 0.3 is 0 Å². The number of carbonyl (C=O) groups excluding carboxylic acids is 1. The maximum absolute atomic E-state index is 13.6. The number of sulfonamides is 1. The van der Waals surface area contributed by atoms with Crippen LogP contribution < -0.4 is 5.32 Å². The van der Waals surface area contributed by atoms with E-state index in [-0.39, 0.29) is 10.8 Å². The lowest BCUT2D eigenvalue weighted by molar-refractivity contribution is 0.102. The second-order valence-electron chi connectivity index (χ2n) is 11.0. The molecule has 0 fully saturated rings. The molecule has 0 saturated carbocycles. The number of hydrogen-bond acceptors (Lipinski definition) is 7. The molecular formula is C34H36N4O3S3. The predicted molar refractivity (Wildman–Crippen MR) is 181 cm³/mol. The zero-order valence-electron chi connectivity index (χ0n) is 25.0. The van der Waals surface area contributed by atoms with E-state index >= 15 is 0 Å². The molecule has 5 aromatic rings. The van der Waals surface area contributed by atoms with Crippen LogP contribution in [0, 0.1) is 0 Å². The molecule has 6 rings (SSSR count). The fraction of sp³-hybridized carbons (Fsp3) is 0.294. The number of amides is 1. The van der Waals surface area contributed by atoms with Crippen LogP contribution in [0.5, 0.6) is 0 Å². The quantitative estimate of drug-likeness (QED) is 0.160. The summed E-state index contributed by atoms with van der Waals surface area (Å²) in [6.45, 7) is 7.39. The second kappa shape index (κ2) is 13.3. The topological polar surface area (TPSA) is 82.6 Å². The molecular weight excluding hydrogens is 609 g/mol. The van der Waals surface area contributed by atoms with Crippen LogP contribution in [0.2, 0.25) is 0 Å². The molecule has 228 valence electrons. The van der Waals surface area contributed by atoms with Crippen LogP contribution in [-0.2, 0) is 29.5 Å². The molecule has 2 aromatic heterocycles. The maximum Gasteiger partial charge on any atom is 0.256 e. The first-order chi connectivity index (χ1) is 21.4. The molecule has 0 unspecified atom stereocenters. The molecule has 0 aliphatic carbocycles. The summed E-state index contributed by atoms with van der Waals surface area (Å²) >= 11 is 3.26. The maximum atomic E-state index is 13.6. The molecule has 1 N–H and O–H groups in total. The first kappa shape index (κ1) is 30.6. The van der Waals surface area contributed by atoms with Crippen molar-refractivity contribution in [3.05, 3.63) is 100 Å². The number of aromatic nitrogens is 1. The molecule has 3 heterocycles. The molecule has 0 saturated heterocycles. The van der Waals surface area contributed by atoms with E-state index in [9.17, 15) is 13.2 Å². The number of thiophene rings is 1. The van der Waals surface area contributed by atoms with E-state index in [1.807, 2.05) is 38.1 Å². The Labute approximate surface area is 267 Å². The van der Waals surface area contributed by atoms with E-state index in [2.05, 4.69) is 40.5 Å². The first-order valence-electron chi connectivity index (χ1n) is 15.1. The molecule has 44 heavy (non-hydrogen) atoms. The summed E-state index contributed by atoms with van der Waals surface area (Å²) in [4.78, 5) is 22.4. The second-order valence-corrected chi connectivity index (χ2v) is 15.0. The highest BCUT2D eigenvalue weighted by Crippen LogP contribution is 2.46. The van der Waals surface area contributed by atoms with Crippen molar-refractivity contribution in [3.8, 4) is 10.6 Å². The highest BCUT2D eigenvalue weighted by atomic mass is 32.2. The Balaban J connectivity index is 1.28. The summed E-state index contributed by atoms with van der Waals surface area (Å²) in [7, 11) is -3.62. The minimum absolute atomic E-state index is 0.201. The summed E-state index contributed by atoms with van der Waals surface area (Å²) < 4.78 is 29.0. The summed E-state index contributed by atoms with van der Waals surface area (Å²) in [5.41, 5.74) is 4.90. The van der Waals surface area contributed by atoms with Gasteiger partial charge in [-0.2, -0.15) is 4.31 Å². The van der Waals surface area contributed by atoms with Gasteiger partial charge in [0.2, 0.25) is 10.0 Å². The lowest BCUT2D eigenvalue weighted by Crippen LogP contribution is -2.31. The van der Waals surface area contributed by atoms with E-state index < -0.39 is 10.0 Å². The van der Waals surface area contributed by atoms with Crippen LogP contribution in [0.15, 0.2) is 83.8 Å². The lowest BCUT2D eigenvalue weighted by Gasteiger charge is -2.27. The number of carbonyl (C=O) groups is 1. The number of nitrogens with zero attached hydrogens (tertiary/aromatic N) is 3. The lowest BCUT2D eigenvalue weighted by atomic mass is 10.0. The van der Waals surface area contributed by atoms with Crippen molar-refractivity contribution in [2.75, 3.05) is 25.0 Å². The molecule has 3 aromatic carbocycles. The third kappa shape index (κ3) is 6.36. The van der Waals surface area contributed by atoms with Crippen LogP contribution in [0.3, 0.4) is 0 Å². The SMILES string of the molecule is CCCCN(CC)S(=O)(=O)c1ccc(C(=O)Nc2sc3c(c2-c2nc4ccccc4s2)CCN(Cc2ccccc2)C3)cc1. The van der Waals surface area contributed by atoms with Gasteiger partial charge in [-0.15, -0.1) is 22.7 Å². The van der Waals surface area contributed by atoms with Crippen molar-refractivity contribution in [2.45, 2.75) is 51.1 Å². The van der Waals surface area contributed by atoms with Gasteiger partial charge in [0.15, 0.2) is 0 Å². The van der Waals surface area contributed by atoms with Gasteiger partial charge in [-0.3, -0.25) is 9.69 Å². The van der Waals surface area contributed by atoms with Crippen molar-refractivity contribution in [3.63, 3.8) is 0 Å². The van der Waals surface area contributed by atoms with E-state index in [4.69, 9.17) is 4.98 Å². The summed E-state index contributed by atoms with van der Waals surface area (Å²) in [5, 5.41) is 4.87. The molecule has 1 aliphatic rings. The van der Waals surface area contributed by atoms with Gasteiger partial charge in [0, 0.05) is 48.7 Å². The van der Waals surface area contributed by atoms with Gasteiger partial charge in [-0.1, -0.05) is 62.7 Å². The highest BCUT2D eigenvalue weighted by molar-refractivity contribution is 7.89. The van der Waals surface area contributed by atoms with Gasteiger partial charge in [-0.25, -0.2) is 13.4 Å². The van der Waals surface area contributed by atoms with Crippen molar-refractivity contribution < 1.29 is 13.2 Å². The smallest absolute Gasteiger partial charge is 0.256 e. The van der Waals surface area contributed by atoms with E-state index in [1.165, 1.54) is 32.4 Å². The number of anilines is 1. The van der Waals surface area contributed by atoms with Crippen LogP contribution in [0.25, 0.3) is 20.8 Å². The molecule has 7 nitrogen and oxygen atoms in total. The van der Waals surface area contributed by atoms with E-state index in [1.54, 1.807) is 34.8 Å². The van der Waals surface area contributed by atoms with Gasteiger partial charge in [0.25, 0.3) is 5.91 Å². The number of rotatable bonds is 11. The zero-order chi connectivity index (χ0) is 30.7. The Hall–Kier alpha value is -3.41. The van der Waals surface area contributed by atoms with Gasteiger partial charge in [0.05, 0.1) is 15.1 Å². The summed E-state index contributed by atoms with van der Waals surface area (Å²) in [6.07, 6.45) is 2.60. The van der Waals surface area contributed by atoms with Gasteiger partial charge in [0.1, 0.15) is 10.0 Å². The average Bonchev–Trinajstić information content (AvgIpc) is 3.62. The average molecular weight is 645 g/mol. The molecule has 10 heteroatoms. The molecule has 0 radical (unpaired) electrons. The third-order valence-electron chi connectivity index (χ3n) is 7.99. The number of thiazole rings is 1. The number of benzene rings is 3. The van der Waals surface area contributed by atoms with Gasteiger partial charge < -0.3 is 5.32 Å². The fourth-order valence-electron chi connectivity index (χ4n) is 5.61. The van der Waals surface area contributed by atoms with Crippen molar-refractivity contribution in [2.24, 2.45) is 0 Å². The Morgan fingerprint density at radius 3 is 2.45 bits per heavy atom. The summed E-state index contributed by atoms with van der Waals surface area (Å²) in [5.74, 6) is -0.269. The van der Waals surface area contributed by atoms with Crippen LogP contribution in [0.4, 0.5) is 5.00 Å². The van der Waals surface area contributed by atoms with Crippen molar-refractivity contribution in [1.82, 2.24) is 14.2 Å². The molecule has 0 spiro atoms. The van der Waals surface area contributed by atoms with Gasteiger partial charge in [-0.05, 0) is 60.4 Å². The van der Waals surface area contributed by atoms with Crippen LogP contribution >= 0.6 is 22.7 Å². The minimum atomic E-state index is -3.62. The van der Waals surface area contributed by atoms with E-state index in [0.717, 1.165) is 64.7 Å². The molecule has 0 atom stereocenters. The summed E-state index contributed by atoms with van der Waals surface area (Å²) in [6, 6.07) is 24.9. The standard InChI is InChI=1S/C34H36N4O3S3/c1-3-5-20-38(4-2)44(40,41)26-17-15-25(16-18-26)32(39)36-34-31(33-35-28-13-9-10-14-29(28)42-33)27-19-21-37(23-30(27)43-34)22-24-11-7-6-8-12-24/h6-18H,3-5,19-23H2,1-2H3,(H,36,39). The Morgan fingerprint density at radius 1 is 0.977 bits per heavy atom. The zero-order valence-corrected chi connectivity index (χ0v) is 27.4. The number of para-hydroxylation sites is 1. The van der Waals surface area contributed by atoms with Crippen molar-refractivity contribution >= 4 is 53.8 Å². The number of nitrogens with one attached hydrogen (secondary N) is 1. The molecule has 0 bridgehead atoms. The number of hydrogen-bond donors (Lipinski definition) is 1. The van der Waals surface area contributed by atoms with Crippen LogP contribution in [0.1, 0.15) is 53.1 Å². The Kier molecular flexibility index (Phi) is 9.25. The number of unbranched alkanes of at least 4 members (excludes halogenated alkanes) is 1. The minimum Gasteiger partial charge on any atom is -0.313 e. The monoisotopic (exact) mass is 644 g/mol. The predicted octanol–water partition coefficient (Wildman–Crippen LogP) is 7.65. The van der Waals surface area contributed by atoms with Crippen LogP contribution in [-0.4, -0.2) is 48.1 Å². The van der Waals surface area contributed by atoms with Crippen molar-refractivity contribution in [1.29, 1.82) is 0 Å². The first-order valence-corrected chi connectivity index (χ1v) is 18.1. The normalized spacial score (nSPS) is 13.8. The van der Waals surface area contributed by atoms with E-state index in [0.29, 0.717) is 18.7 Å². The third-order valence-corrected chi connectivity index (χ3v) is 12.2. The highest BCUT2D eigenvalue weighted by Gasteiger charge is 2.28. The molecule has 1 aliphatic heterocycles. The largest absolute Gasteiger partial charge is 0.313 e.